The largest absolute Gasteiger partial charge is 0.338 e. The molecule has 3 fully saturated rings. The fourth-order valence-electron chi connectivity index (χ4n) is 4.01. The van der Waals surface area contributed by atoms with Crippen molar-refractivity contribution in [2.24, 2.45) is 5.92 Å². The van der Waals surface area contributed by atoms with E-state index in [1.807, 2.05) is 21.4 Å². The van der Waals surface area contributed by atoms with Gasteiger partial charge in [0.15, 0.2) is 0 Å². The third kappa shape index (κ3) is 2.94. The Bertz CT molecular complexity index is 625. The molecule has 3 saturated heterocycles. The van der Waals surface area contributed by atoms with Crippen LogP contribution in [0.5, 0.6) is 0 Å². The summed E-state index contributed by atoms with van der Waals surface area (Å²) in [6.07, 6.45) is 5.55. The van der Waals surface area contributed by atoms with Crippen LogP contribution in [0.25, 0.3) is 0 Å². The molecule has 4 rings (SSSR count). The molecule has 0 spiro atoms. The molecule has 2 bridgehead atoms. The average Bonchev–Trinajstić information content (AvgIpc) is 2.75. The molecule has 1 aromatic rings. The lowest BCUT2D eigenvalue weighted by molar-refractivity contribution is -0.139. The standard InChI is InChI=1S/C18H28N4O2/c1-4-8-21-15-7-6-14(17(21)23)11-20(12-15)18(24)16-10-19-22(9-5-2)13(16)3/h10,14-15H,4-9,11-12H2,1-3H3/t14-,15+/m1/s1. The number of fused-ring (bicyclic) bond motifs is 4. The van der Waals surface area contributed by atoms with Crippen molar-refractivity contribution >= 4 is 11.8 Å². The maximum absolute atomic E-state index is 13.0. The van der Waals surface area contributed by atoms with Crippen molar-refractivity contribution in [3.63, 3.8) is 0 Å². The lowest BCUT2D eigenvalue weighted by atomic mass is 9.94. The zero-order valence-corrected chi connectivity index (χ0v) is 15.0. The fraction of sp³-hybridized carbons (Fsp3) is 0.722. The molecule has 132 valence electrons. The molecule has 3 aliphatic rings. The van der Waals surface area contributed by atoms with Gasteiger partial charge in [-0.3, -0.25) is 14.3 Å². The molecule has 0 saturated carbocycles. The first kappa shape index (κ1) is 17.0. The molecule has 4 heterocycles. The van der Waals surface area contributed by atoms with Gasteiger partial charge in [0, 0.05) is 37.9 Å². The van der Waals surface area contributed by atoms with Gasteiger partial charge in [0.1, 0.15) is 0 Å². The summed E-state index contributed by atoms with van der Waals surface area (Å²) in [6, 6.07) is 0.172. The molecule has 6 heteroatoms. The lowest BCUT2D eigenvalue weighted by Crippen LogP contribution is -2.48. The Labute approximate surface area is 143 Å². The third-order valence-electron chi connectivity index (χ3n) is 5.31. The van der Waals surface area contributed by atoms with E-state index in [0.717, 1.165) is 44.5 Å². The molecule has 6 nitrogen and oxygen atoms in total. The molecule has 2 atom stereocenters. The summed E-state index contributed by atoms with van der Waals surface area (Å²) in [5, 5.41) is 4.35. The fourth-order valence-corrected chi connectivity index (χ4v) is 4.01. The van der Waals surface area contributed by atoms with Crippen LogP contribution in [0.1, 0.15) is 55.6 Å². The summed E-state index contributed by atoms with van der Waals surface area (Å²) in [7, 11) is 0. The first-order valence-corrected chi connectivity index (χ1v) is 9.18. The molecule has 0 aliphatic carbocycles. The minimum absolute atomic E-state index is 0.0258. The molecule has 24 heavy (non-hydrogen) atoms. The number of carbonyl (C=O) groups is 2. The third-order valence-corrected chi connectivity index (χ3v) is 5.31. The number of nitrogens with zero attached hydrogens (tertiary/aromatic N) is 4. The SMILES string of the molecule is CCCN1C(=O)[C@@H]2CC[C@H]1CN(C(=O)c1cnn(CCC)c1C)C2. The molecule has 3 aliphatic heterocycles. The van der Waals surface area contributed by atoms with E-state index in [-0.39, 0.29) is 23.8 Å². The van der Waals surface area contributed by atoms with Crippen molar-refractivity contribution in [1.82, 2.24) is 19.6 Å². The highest BCUT2D eigenvalue weighted by molar-refractivity contribution is 5.95. The molecule has 0 N–H and O–H groups in total. The first-order valence-electron chi connectivity index (χ1n) is 9.18. The van der Waals surface area contributed by atoms with Gasteiger partial charge in [-0.1, -0.05) is 13.8 Å². The highest BCUT2D eigenvalue weighted by Crippen LogP contribution is 2.30. The zero-order chi connectivity index (χ0) is 17.3. The Morgan fingerprint density at radius 2 is 1.96 bits per heavy atom. The van der Waals surface area contributed by atoms with Gasteiger partial charge in [0.2, 0.25) is 5.91 Å². The van der Waals surface area contributed by atoms with Crippen LogP contribution in [-0.4, -0.2) is 57.1 Å². The second-order valence-corrected chi connectivity index (χ2v) is 7.04. The Morgan fingerprint density at radius 3 is 2.67 bits per heavy atom. The van der Waals surface area contributed by atoms with Crippen LogP contribution in [0.4, 0.5) is 0 Å². The Morgan fingerprint density at radius 1 is 1.21 bits per heavy atom. The van der Waals surface area contributed by atoms with Gasteiger partial charge >= 0.3 is 0 Å². The maximum Gasteiger partial charge on any atom is 0.257 e. The molecule has 0 radical (unpaired) electrons. The summed E-state index contributed by atoms with van der Waals surface area (Å²) in [5.74, 6) is 0.227. The Hall–Kier alpha value is -1.85. The minimum Gasteiger partial charge on any atom is -0.338 e. The van der Waals surface area contributed by atoms with Gasteiger partial charge < -0.3 is 9.80 Å². The van der Waals surface area contributed by atoms with E-state index in [1.54, 1.807) is 6.20 Å². The van der Waals surface area contributed by atoms with E-state index >= 15 is 0 Å². The monoisotopic (exact) mass is 332 g/mol. The van der Waals surface area contributed by atoms with Crippen molar-refractivity contribution in [3.05, 3.63) is 17.5 Å². The highest BCUT2D eigenvalue weighted by atomic mass is 16.2. The number of carbonyl (C=O) groups excluding carboxylic acids is 2. The van der Waals surface area contributed by atoms with Crippen molar-refractivity contribution in [2.75, 3.05) is 19.6 Å². The number of rotatable bonds is 5. The lowest BCUT2D eigenvalue weighted by Gasteiger charge is -2.35. The normalized spacial score (nSPS) is 23.7. The van der Waals surface area contributed by atoms with E-state index in [9.17, 15) is 9.59 Å². The average molecular weight is 332 g/mol. The van der Waals surface area contributed by atoms with E-state index in [1.165, 1.54) is 0 Å². The van der Waals surface area contributed by atoms with Crippen LogP contribution in [-0.2, 0) is 11.3 Å². The predicted octanol–water partition coefficient (Wildman–Crippen LogP) is 2.07. The van der Waals surface area contributed by atoms with E-state index in [4.69, 9.17) is 0 Å². The Balaban J connectivity index is 1.80. The summed E-state index contributed by atoms with van der Waals surface area (Å²) in [6.45, 7) is 8.98. The van der Waals surface area contributed by atoms with Crippen molar-refractivity contribution in [3.8, 4) is 0 Å². The van der Waals surface area contributed by atoms with Gasteiger partial charge in [-0.05, 0) is 32.6 Å². The second-order valence-electron chi connectivity index (χ2n) is 7.04. The van der Waals surface area contributed by atoms with Crippen LogP contribution in [0, 0.1) is 12.8 Å². The molecular weight excluding hydrogens is 304 g/mol. The van der Waals surface area contributed by atoms with Gasteiger partial charge in [-0.15, -0.1) is 0 Å². The molecular formula is C18H28N4O2. The van der Waals surface area contributed by atoms with E-state index in [2.05, 4.69) is 18.9 Å². The number of hydrogen-bond donors (Lipinski definition) is 0. The van der Waals surface area contributed by atoms with Gasteiger partial charge in [0.05, 0.1) is 17.7 Å². The number of aromatic nitrogens is 2. The van der Waals surface area contributed by atoms with Crippen molar-refractivity contribution in [1.29, 1.82) is 0 Å². The predicted molar refractivity (Wildman–Crippen MR) is 91.7 cm³/mol. The zero-order valence-electron chi connectivity index (χ0n) is 15.0. The Kier molecular flexibility index (Phi) is 4.92. The molecule has 1 aromatic heterocycles. The van der Waals surface area contributed by atoms with Crippen LogP contribution in [0.15, 0.2) is 6.20 Å². The van der Waals surface area contributed by atoms with Gasteiger partial charge in [0.25, 0.3) is 5.91 Å². The minimum atomic E-state index is -0.0368. The molecule has 0 aromatic carbocycles. The van der Waals surface area contributed by atoms with Gasteiger partial charge in [-0.2, -0.15) is 5.10 Å². The van der Waals surface area contributed by atoms with Crippen molar-refractivity contribution < 1.29 is 9.59 Å². The number of hydrogen-bond acceptors (Lipinski definition) is 3. The molecule has 2 amide bonds. The van der Waals surface area contributed by atoms with Crippen LogP contribution < -0.4 is 0 Å². The number of aryl methyl sites for hydroxylation is 1. The number of amides is 2. The van der Waals surface area contributed by atoms with E-state index < -0.39 is 0 Å². The van der Waals surface area contributed by atoms with Crippen LogP contribution >= 0.6 is 0 Å². The summed E-state index contributed by atoms with van der Waals surface area (Å²) < 4.78 is 1.90. The summed E-state index contributed by atoms with van der Waals surface area (Å²) in [5.41, 5.74) is 1.61. The van der Waals surface area contributed by atoms with Crippen LogP contribution in [0.3, 0.4) is 0 Å². The van der Waals surface area contributed by atoms with Gasteiger partial charge in [-0.25, -0.2) is 0 Å². The molecule has 0 unspecified atom stereocenters. The quantitative estimate of drug-likeness (QED) is 0.829. The van der Waals surface area contributed by atoms with Crippen molar-refractivity contribution in [2.45, 2.75) is 59.0 Å². The number of piperidine rings is 1. The maximum atomic E-state index is 13.0. The summed E-state index contributed by atoms with van der Waals surface area (Å²) in [4.78, 5) is 29.5. The van der Waals surface area contributed by atoms with Crippen LogP contribution in [0.2, 0.25) is 0 Å². The van der Waals surface area contributed by atoms with E-state index in [0.29, 0.717) is 18.7 Å². The highest BCUT2D eigenvalue weighted by Gasteiger charge is 2.41. The topological polar surface area (TPSA) is 58.4 Å². The second kappa shape index (κ2) is 6.95. The smallest absolute Gasteiger partial charge is 0.257 e. The first-order chi connectivity index (χ1) is 11.6. The summed E-state index contributed by atoms with van der Waals surface area (Å²) >= 11 is 0.